The van der Waals surface area contributed by atoms with Gasteiger partial charge in [0.25, 0.3) is 0 Å². The van der Waals surface area contributed by atoms with E-state index in [-0.39, 0.29) is 0 Å². The van der Waals surface area contributed by atoms with E-state index in [1.807, 2.05) is 24.4 Å². The van der Waals surface area contributed by atoms with Crippen molar-refractivity contribution >= 4 is 43.2 Å². The zero-order valence-electron chi connectivity index (χ0n) is 11.9. The van der Waals surface area contributed by atoms with Crippen molar-refractivity contribution in [3.05, 3.63) is 68.7 Å². The molecular formula is C17H11Br2N3S. The van der Waals surface area contributed by atoms with Gasteiger partial charge in [0.05, 0.1) is 14.4 Å². The minimum atomic E-state index is 0.789. The maximum absolute atomic E-state index is 4.66. The molecule has 0 saturated carbocycles. The predicted octanol–water partition coefficient (Wildman–Crippen LogP) is 5.68. The molecule has 2 aliphatic heterocycles. The lowest BCUT2D eigenvalue weighted by molar-refractivity contribution is 0.789. The van der Waals surface area contributed by atoms with Gasteiger partial charge in [-0.3, -0.25) is 0 Å². The molecule has 0 spiro atoms. The third kappa shape index (κ3) is 3.24. The van der Waals surface area contributed by atoms with Crippen molar-refractivity contribution in [2.45, 2.75) is 6.54 Å². The van der Waals surface area contributed by atoms with Crippen LogP contribution in [0.25, 0.3) is 22.1 Å². The van der Waals surface area contributed by atoms with Gasteiger partial charge < -0.3 is 4.57 Å². The Morgan fingerprint density at radius 3 is 2.43 bits per heavy atom. The van der Waals surface area contributed by atoms with Crippen LogP contribution in [0.3, 0.4) is 0 Å². The van der Waals surface area contributed by atoms with Crippen LogP contribution >= 0.6 is 43.2 Å². The Morgan fingerprint density at radius 1 is 0.913 bits per heavy atom. The highest BCUT2D eigenvalue weighted by atomic mass is 79.9. The fraction of sp³-hybridized carbons (Fsp3) is 0.0588. The van der Waals surface area contributed by atoms with Gasteiger partial charge in [0, 0.05) is 23.4 Å². The lowest BCUT2D eigenvalue weighted by Crippen LogP contribution is -2.00. The number of benzene rings is 1. The maximum Gasteiger partial charge on any atom is 0.170 e. The molecule has 114 valence electrons. The lowest BCUT2D eigenvalue weighted by Gasteiger charge is -2.08. The van der Waals surface area contributed by atoms with Crippen LogP contribution in [-0.2, 0) is 6.54 Å². The number of imidazole rings is 1. The van der Waals surface area contributed by atoms with Crippen LogP contribution in [0.2, 0.25) is 0 Å². The molecule has 0 amide bonds. The number of hydrogen-bond acceptors (Lipinski definition) is 3. The first-order chi connectivity index (χ1) is 11.2. The third-order valence-corrected chi connectivity index (χ3v) is 5.65. The molecule has 3 nitrogen and oxygen atoms in total. The van der Waals surface area contributed by atoms with Gasteiger partial charge in [-0.05, 0) is 51.8 Å². The molecule has 1 aromatic heterocycles. The summed E-state index contributed by atoms with van der Waals surface area (Å²) in [6.07, 6.45) is 4.10. The van der Waals surface area contributed by atoms with Crippen molar-refractivity contribution in [3.8, 4) is 22.1 Å². The minimum Gasteiger partial charge on any atom is -0.348 e. The third-order valence-electron chi connectivity index (χ3n) is 3.50. The number of fused-ring (bicyclic) bond motifs is 1. The Balaban J connectivity index is 1.65. The van der Waals surface area contributed by atoms with Crippen molar-refractivity contribution < 1.29 is 0 Å². The van der Waals surface area contributed by atoms with Crippen LogP contribution < -0.4 is 0 Å². The van der Waals surface area contributed by atoms with Crippen molar-refractivity contribution in [1.82, 2.24) is 14.5 Å². The summed E-state index contributed by atoms with van der Waals surface area (Å²) in [6, 6.07) is 14.4. The second-order valence-electron chi connectivity index (χ2n) is 5.17. The van der Waals surface area contributed by atoms with E-state index >= 15 is 0 Å². The summed E-state index contributed by atoms with van der Waals surface area (Å²) in [5.41, 5.74) is 3.10. The smallest absolute Gasteiger partial charge is 0.170 e. The van der Waals surface area contributed by atoms with E-state index in [9.17, 15) is 0 Å². The van der Waals surface area contributed by atoms with Gasteiger partial charge in [0.15, 0.2) is 5.82 Å². The van der Waals surface area contributed by atoms with Gasteiger partial charge >= 0.3 is 0 Å². The first kappa shape index (κ1) is 15.1. The SMILES string of the molecule is Brc1ccc(Cn2ccc3nc(-c4ccc(Br)s4)nc-3c2)cc1. The van der Waals surface area contributed by atoms with Crippen molar-refractivity contribution in [1.29, 1.82) is 0 Å². The molecule has 4 rings (SSSR count). The van der Waals surface area contributed by atoms with Crippen LogP contribution in [0.15, 0.2) is 63.1 Å². The molecular weight excluding hydrogens is 438 g/mol. The second kappa shape index (κ2) is 6.19. The molecule has 0 saturated heterocycles. The van der Waals surface area contributed by atoms with Crippen LogP contribution in [-0.4, -0.2) is 14.5 Å². The number of nitrogens with zero attached hydrogens (tertiary/aromatic N) is 3. The summed E-state index contributed by atoms with van der Waals surface area (Å²) in [5, 5.41) is 0. The second-order valence-corrected chi connectivity index (χ2v) is 8.54. The number of rotatable bonds is 3. The average Bonchev–Trinajstić information content (AvgIpc) is 3.15. The van der Waals surface area contributed by atoms with E-state index in [0.29, 0.717) is 0 Å². The zero-order chi connectivity index (χ0) is 15.8. The molecule has 1 aromatic carbocycles. The molecule has 0 bridgehead atoms. The van der Waals surface area contributed by atoms with Gasteiger partial charge in [-0.1, -0.05) is 28.1 Å². The van der Waals surface area contributed by atoms with Crippen LogP contribution in [0, 0.1) is 0 Å². The fourth-order valence-corrected chi connectivity index (χ4v) is 3.98. The molecule has 23 heavy (non-hydrogen) atoms. The maximum atomic E-state index is 4.66. The summed E-state index contributed by atoms with van der Waals surface area (Å²) in [4.78, 5) is 10.4. The van der Waals surface area contributed by atoms with Crippen LogP contribution in [0.5, 0.6) is 0 Å². The molecule has 2 aliphatic rings. The average molecular weight is 449 g/mol. The van der Waals surface area contributed by atoms with Crippen molar-refractivity contribution in [3.63, 3.8) is 0 Å². The highest BCUT2D eigenvalue weighted by molar-refractivity contribution is 9.11. The first-order valence-electron chi connectivity index (χ1n) is 7.01. The van der Waals surface area contributed by atoms with Gasteiger partial charge in [0.2, 0.25) is 0 Å². The Bertz CT molecular complexity index is 927. The highest BCUT2D eigenvalue weighted by Crippen LogP contribution is 2.32. The highest BCUT2D eigenvalue weighted by Gasteiger charge is 2.14. The quantitative estimate of drug-likeness (QED) is 0.403. The Labute approximate surface area is 154 Å². The number of pyridine rings is 1. The molecule has 0 aliphatic carbocycles. The monoisotopic (exact) mass is 447 g/mol. The fourth-order valence-electron chi connectivity index (χ4n) is 2.40. The van der Waals surface area contributed by atoms with Gasteiger partial charge in [0.1, 0.15) is 5.69 Å². The molecule has 0 unspecified atom stereocenters. The predicted molar refractivity (Wildman–Crippen MR) is 101 cm³/mol. The minimum absolute atomic E-state index is 0.789. The van der Waals surface area contributed by atoms with Crippen molar-refractivity contribution in [2.75, 3.05) is 0 Å². The standard InChI is InChI=1S/C17H11Br2N3S/c18-12-3-1-11(2-4-12)9-22-8-7-13-14(10-22)21-17(20-13)15-5-6-16(19)23-15/h1-8,10H,9H2. The Hall–Kier alpha value is -1.50. The van der Waals surface area contributed by atoms with E-state index < -0.39 is 0 Å². The van der Waals surface area contributed by atoms with Crippen molar-refractivity contribution in [2.24, 2.45) is 0 Å². The van der Waals surface area contributed by atoms with Crippen LogP contribution in [0.1, 0.15) is 5.56 Å². The van der Waals surface area contributed by atoms with E-state index in [0.717, 1.165) is 36.9 Å². The molecule has 3 heterocycles. The molecule has 2 aromatic rings. The molecule has 0 fully saturated rings. The first-order valence-corrected chi connectivity index (χ1v) is 9.41. The summed E-state index contributed by atoms with van der Waals surface area (Å²) in [5.74, 6) is 0.789. The molecule has 0 atom stereocenters. The summed E-state index contributed by atoms with van der Waals surface area (Å²) >= 11 is 8.59. The number of thiophene rings is 1. The lowest BCUT2D eigenvalue weighted by atomic mass is 10.2. The Kier molecular flexibility index (Phi) is 4.05. The molecule has 0 N–H and O–H groups in total. The van der Waals surface area contributed by atoms with E-state index in [2.05, 4.69) is 76.9 Å². The number of hydrogen-bond donors (Lipinski definition) is 0. The summed E-state index contributed by atoms with van der Waals surface area (Å²) < 4.78 is 4.32. The number of halogens is 2. The van der Waals surface area contributed by atoms with E-state index in [4.69, 9.17) is 0 Å². The zero-order valence-corrected chi connectivity index (χ0v) is 15.9. The normalized spacial score (nSPS) is 11.2. The summed E-state index contributed by atoms with van der Waals surface area (Å²) in [6.45, 7) is 0.815. The Morgan fingerprint density at radius 2 is 1.70 bits per heavy atom. The molecule has 0 radical (unpaired) electrons. The molecule has 6 heteroatoms. The van der Waals surface area contributed by atoms with E-state index in [1.54, 1.807) is 11.3 Å². The van der Waals surface area contributed by atoms with E-state index in [1.165, 1.54) is 5.56 Å². The van der Waals surface area contributed by atoms with Gasteiger partial charge in [-0.25, -0.2) is 9.97 Å². The largest absolute Gasteiger partial charge is 0.348 e. The van der Waals surface area contributed by atoms with Gasteiger partial charge in [-0.15, -0.1) is 11.3 Å². The van der Waals surface area contributed by atoms with Crippen LogP contribution in [0.4, 0.5) is 0 Å². The topological polar surface area (TPSA) is 30.7 Å². The van der Waals surface area contributed by atoms with Gasteiger partial charge in [-0.2, -0.15) is 0 Å². The number of aromatic nitrogens is 3. The summed E-state index contributed by atoms with van der Waals surface area (Å²) in [7, 11) is 0.